The summed E-state index contributed by atoms with van der Waals surface area (Å²) in [6, 6.07) is 15.8. The van der Waals surface area contributed by atoms with Gasteiger partial charge in [-0.3, -0.25) is 4.90 Å². The van der Waals surface area contributed by atoms with E-state index in [-0.39, 0.29) is 12.1 Å². The fourth-order valence-corrected chi connectivity index (χ4v) is 3.46. The highest BCUT2D eigenvalue weighted by molar-refractivity contribution is 5.90. The SMILES string of the molecule is CCOCc1ccccc1NC(=O)NCc1cccc(CN2CCOC(C)C2)c1. The van der Waals surface area contributed by atoms with E-state index < -0.39 is 0 Å². The molecular formula is C23H31N3O3. The van der Waals surface area contributed by atoms with Crippen molar-refractivity contribution < 1.29 is 14.3 Å². The Labute approximate surface area is 173 Å². The van der Waals surface area contributed by atoms with Crippen molar-refractivity contribution in [3.63, 3.8) is 0 Å². The van der Waals surface area contributed by atoms with Gasteiger partial charge < -0.3 is 20.1 Å². The first-order valence-electron chi connectivity index (χ1n) is 10.3. The maximum absolute atomic E-state index is 12.4. The van der Waals surface area contributed by atoms with Gasteiger partial charge in [-0.2, -0.15) is 0 Å². The number of carbonyl (C=O) groups is 1. The molecule has 2 aromatic rings. The highest BCUT2D eigenvalue weighted by Gasteiger charge is 2.16. The standard InChI is InChI=1S/C23H31N3O3/c1-3-28-17-21-9-4-5-10-22(21)25-23(27)24-14-19-7-6-8-20(13-19)16-26-11-12-29-18(2)15-26/h4-10,13,18H,3,11-12,14-17H2,1-2H3,(H2,24,25,27). The molecule has 6 nitrogen and oxygen atoms in total. The number of nitrogens with one attached hydrogen (secondary N) is 2. The minimum absolute atomic E-state index is 0.221. The van der Waals surface area contributed by atoms with E-state index in [1.54, 1.807) is 0 Å². The van der Waals surface area contributed by atoms with Crippen LogP contribution in [0.2, 0.25) is 0 Å². The molecule has 1 aliphatic rings. The first kappa shape index (κ1) is 21.3. The van der Waals surface area contributed by atoms with E-state index in [4.69, 9.17) is 9.47 Å². The molecule has 3 rings (SSSR count). The Morgan fingerprint density at radius 3 is 2.86 bits per heavy atom. The number of amides is 2. The molecule has 2 N–H and O–H groups in total. The van der Waals surface area contributed by atoms with Crippen molar-refractivity contribution in [2.45, 2.75) is 39.6 Å². The topological polar surface area (TPSA) is 62.8 Å². The minimum atomic E-state index is -0.221. The Kier molecular flexibility index (Phi) is 8.04. The van der Waals surface area contributed by atoms with Gasteiger partial charge >= 0.3 is 6.03 Å². The molecule has 0 aliphatic carbocycles. The molecular weight excluding hydrogens is 366 g/mol. The van der Waals surface area contributed by atoms with Crippen LogP contribution in [0.5, 0.6) is 0 Å². The molecule has 1 saturated heterocycles. The van der Waals surface area contributed by atoms with E-state index in [0.29, 0.717) is 19.8 Å². The molecule has 156 valence electrons. The Hall–Kier alpha value is -2.41. The number of morpholine rings is 1. The summed E-state index contributed by atoms with van der Waals surface area (Å²) in [6.07, 6.45) is 0.280. The minimum Gasteiger partial charge on any atom is -0.377 e. The van der Waals surface area contributed by atoms with Gasteiger partial charge in [-0.05, 0) is 31.0 Å². The molecule has 2 amide bonds. The Morgan fingerprint density at radius 2 is 2.03 bits per heavy atom. The van der Waals surface area contributed by atoms with Crippen molar-refractivity contribution in [2.24, 2.45) is 0 Å². The molecule has 2 aromatic carbocycles. The van der Waals surface area contributed by atoms with E-state index in [0.717, 1.165) is 43.1 Å². The van der Waals surface area contributed by atoms with Crippen LogP contribution in [0.4, 0.5) is 10.5 Å². The summed E-state index contributed by atoms with van der Waals surface area (Å²) in [5.41, 5.74) is 4.07. The molecule has 1 aliphatic heterocycles. The molecule has 0 aromatic heterocycles. The van der Waals surface area contributed by atoms with E-state index in [1.807, 2.05) is 43.3 Å². The number of hydrogen-bond acceptors (Lipinski definition) is 4. The third-order valence-electron chi connectivity index (χ3n) is 4.90. The molecule has 0 spiro atoms. The Balaban J connectivity index is 1.51. The molecule has 6 heteroatoms. The molecule has 1 atom stereocenters. The quantitative estimate of drug-likeness (QED) is 0.712. The van der Waals surface area contributed by atoms with Crippen LogP contribution in [0.1, 0.15) is 30.5 Å². The summed E-state index contributed by atoms with van der Waals surface area (Å²) in [7, 11) is 0. The van der Waals surface area contributed by atoms with Crippen LogP contribution in [0.3, 0.4) is 0 Å². The summed E-state index contributed by atoms with van der Waals surface area (Å²) < 4.78 is 11.1. The van der Waals surface area contributed by atoms with Gasteiger partial charge in [0.2, 0.25) is 0 Å². The smallest absolute Gasteiger partial charge is 0.319 e. The van der Waals surface area contributed by atoms with Crippen LogP contribution >= 0.6 is 0 Å². The zero-order valence-electron chi connectivity index (χ0n) is 17.3. The summed E-state index contributed by atoms with van der Waals surface area (Å²) >= 11 is 0. The number of carbonyl (C=O) groups excluding carboxylic acids is 1. The van der Waals surface area contributed by atoms with Gasteiger partial charge in [0.15, 0.2) is 0 Å². The average Bonchev–Trinajstić information content (AvgIpc) is 2.72. The van der Waals surface area contributed by atoms with Crippen molar-refractivity contribution in [3.05, 3.63) is 65.2 Å². The monoisotopic (exact) mass is 397 g/mol. The van der Waals surface area contributed by atoms with E-state index >= 15 is 0 Å². The lowest BCUT2D eigenvalue weighted by Gasteiger charge is -2.31. The first-order valence-corrected chi connectivity index (χ1v) is 10.3. The molecule has 0 radical (unpaired) electrons. The lowest BCUT2D eigenvalue weighted by atomic mass is 10.1. The Morgan fingerprint density at radius 1 is 1.21 bits per heavy atom. The van der Waals surface area contributed by atoms with Crippen molar-refractivity contribution >= 4 is 11.7 Å². The van der Waals surface area contributed by atoms with Gasteiger partial charge in [0.05, 0.1) is 19.3 Å². The predicted octanol–water partition coefficient (Wildman–Crippen LogP) is 3.77. The lowest BCUT2D eigenvalue weighted by Crippen LogP contribution is -2.40. The van der Waals surface area contributed by atoms with E-state index in [2.05, 4.69) is 34.6 Å². The van der Waals surface area contributed by atoms with Crippen molar-refractivity contribution in [2.75, 3.05) is 31.6 Å². The number of rotatable bonds is 8. The maximum atomic E-state index is 12.4. The summed E-state index contributed by atoms with van der Waals surface area (Å²) in [5, 5.41) is 5.87. The van der Waals surface area contributed by atoms with Crippen LogP contribution in [0, 0.1) is 0 Å². The fourth-order valence-electron chi connectivity index (χ4n) is 3.46. The summed E-state index contributed by atoms with van der Waals surface area (Å²) in [6.45, 7) is 9.25. The number of benzene rings is 2. The highest BCUT2D eigenvalue weighted by Crippen LogP contribution is 2.16. The number of ether oxygens (including phenoxy) is 2. The van der Waals surface area contributed by atoms with Crippen LogP contribution in [-0.4, -0.2) is 43.3 Å². The van der Waals surface area contributed by atoms with Crippen LogP contribution < -0.4 is 10.6 Å². The maximum Gasteiger partial charge on any atom is 0.319 e. The first-order chi connectivity index (χ1) is 14.1. The van der Waals surface area contributed by atoms with Crippen molar-refractivity contribution in [3.8, 4) is 0 Å². The van der Waals surface area contributed by atoms with E-state index in [9.17, 15) is 4.79 Å². The second-order valence-corrected chi connectivity index (χ2v) is 7.34. The molecule has 0 saturated carbocycles. The number of hydrogen-bond donors (Lipinski definition) is 2. The van der Waals surface area contributed by atoms with Gasteiger partial charge in [-0.1, -0.05) is 42.5 Å². The highest BCUT2D eigenvalue weighted by atomic mass is 16.5. The lowest BCUT2D eigenvalue weighted by molar-refractivity contribution is -0.0212. The van der Waals surface area contributed by atoms with E-state index in [1.165, 1.54) is 5.56 Å². The predicted molar refractivity (Wildman–Crippen MR) is 115 cm³/mol. The number of urea groups is 1. The molecule has 29 heavy (non-hydrogen) atoms. The normalized spacial score (nSPS) is 17.1. The number of para-hydroxylation sites is 1. The van der Waals surface area contributed by atoms with Gasteiger partial charge in [-0.15, -0.1) is 0 Å². The van der Waals surface area contributed by atoms with Crippen LogP contribution in [0.15, 0.2) is 48.5 Å². The Bertz CT molecular complexity index is 796. The number of anilines is 1. The van der Waals surface area contributed by atoms with Gasteiger partial charge in [0, 0.05) is 44.0 Å². The zero-order chi connectivity index (χ0) is 20.5. The van der Waals surface area contributed by atoms with Gasteiger partial charge in [0.25, 0.3) is 0 Å². The molecule has 1 unspecified atom stereocenters. The largest absolute Gasteiger partial charge is 0.377 e. The van der Waals surface area contributed by atoms with Crippen LogP contribution in [-0.2, 0) is 29.2 Å². The second-order valence-electron chi connectivity index (χ2n) is 7.34. The van der Waals surface area contributed by atoms with Crippen LogP contribution in [0.25, 0.3) is 0 Å². The second kappa shape index (κ2) is 11.0. The molecule has 1 heterocycles. The molecule has 0 bridgehead atoms. The fraction of sp³-hybridized carbons (Fsp3) is 0.435. The zero-order valence-corrected chi connectivity index (χ0v) is 17.3. The summed E-state index contributed by atoms with van der Waals surface area (Å²) in [4.78, 5) is 14.8. The van der Waals surface area contributed by atoms with Gasteiger partial charge in [-0.25, -0.2) is 4.79 Å². The summed E-state index contributed by atoms with van der Waals surface area (Å²) in [5.74, 6) is 0. The number of nitrogens with zero attached hydrogens (tertiary/aromatic N) is 1. The van der Waals surface area contributed by atoms with Gasteiger partial charge in [0.1, 0.15) is 0 Å². The average molecular weight is 398 g/mol. The third kappa shape index (κ3) is 6.85. The molecule has 1 fully saturated rings. The third-order valence-corrected chi connectivity index (χ3v) is 4.90. The van der Waals surface area contributed by atoms with Crippen molar-refractivity contribution in [1.29, 1.82) is 0 Å². The van der Waals surface area contributed by atoms with Crippen molar-refractivity contribution in [1.82, 2.24) is 10.2 Å².